The minimum atomic E-state index is -0.549. The second-order valence-corrected chi connectivity index (χ2v) is 5.88. The van der Waals surface area contributed by atoms with Crippen molar-refractivity contribution in [1.29, 1.82) is 0 Å². The molecule has 0 bridgehead atoms. The zero-order chi connectivity index (χ0) is 19.7. The number of carbonyl (C=O) groups is 1. The van der Waals surface area contributed by atoms with Crippen LogP contribution in [0.1, 0.15) is 0 Å². The van der Waals surface area contributed by atoms with Gasteiger partial charge in [0.25, 0.3) is 5.56 Å². The summed E-state index contributed by atoms with van der Waals surface area (Å²) in [7, 11) is 0. The van der Waals surface area contributed by atoms with Gasteiger partial charge in [0.15, 0.2) is 11.2 Å². The minimum Gasteiger partial charge on any atom is -0.325 e. The lowest BCUT2D eigenvalue weighted by Crippen LogP contribution is -2.28. The molecular weight excluding hydrogens is 370 g/mol. The number of rotatable bonds is 4. The van der Waals surface area contributed by atoms with Crippen molar-refractivity contribution < 1.29 is 13.6 Å². The van der Waals surface area contributed by atoms with Crippen LogP contribution in [0.25, 0.3) is 16.9 Å². The summed E-state index contributed by atoms with van der Waals surface area (Å²) in [5, 5.41) is 10.3. The summed E-state index contributed by atoms with van der Waals surface area (Å²) in [6, 6.07) is 10.7. The van der Waals surface area contributed by atoms with Crippen LogP contribution in [-0.4, -0.2) is 30.5 Å². The molecule has 140 valence electrons. The summed E-state index contributed by atoms with van der Waals surface area (Å²) in [6.07, 6.45) is 1.21. The van der Waals surface area contributed by atoms with E-state index in [0.29, 0.717) is 11.4 Å². The molecular formula is C18H12F2N6O2. The summed E-state index contributed by atoms with van der Waals surface area (Å²) >= 11 is 0. The smallest absolute Gasteiger partial charge is 0.284 e. The van der Waals surface area contributed by atoms with Crippen LogP contribution in [-0.2, 0) is 11.3 Å². The highest BCUT2D eigenvalue weighted by atomic mass is 19.1. The molecule has 28 heavy (non-hydrogen) atoms. The molecule has 0 unspecified atom stereocenters. The van der Waals surface area contributed by atoms with Crippen LogP contribution in [0.3, 0.4) is 0 Å². The number of anilines is 1. The Balaban J connectivity index is 1.60. The highest BCUT2D eigenvalue weighted by Crippen LogP contribution is 2.12. The van der Waals surface area contributed by atoms with E-state index in [4.69, 9.17) is 0 Å². The van der Waals surface area contributed by atoms with Crippen LogP contribution in [0.5, 0.6) is 0 Å². The van der Waals surface area contributed by atoms with Crippen molar-refractivity contribution in [1.82, 2.24) is 24.5 Å². The Labute approximate surface area is 156 Å². The molecule has 2 aromatic carbocycles. The number of hydrogen-bond acceptors (Lipinski definition) is 5. The fourth-order valence-electron chi connectivity index (χ4n) is 2.60. The molecule has 1 amide bonds. The molecule has 0 fully saturated rings. The van der Waals surface area contributed by atoms with Gasteiger partial charge in [-0.25, -0.2) is 13.8 Å². The molecule has 2 aromatic heterocycles. The van der Waals surface area contributed by atoms with E-state index in [1.807, 2.05) is 0 Å². The lowest BCUT2D eigenvalue weighted by Gasteiger charge is -2.07. The van der Waals surface area contributed by atoms with Gasteiger partial charge in [-0.2, -0.15) is 4.68 Å². The predicted molar refractivity (Wildman–Crippen MR) is 95.9 cm³/mol. The monoisotopic (exact) mass is 382 g/mol. The van der Waals surface area contributed by atoms with Crippen LogP contribution < -0.4 is 10.9 Å². The third kappa shape index (κ3) is 3.34. The topological polar surface area (TPSA) is 94.7 Å². The first-order valence-electron chi connectivity index (χ1n) is 8.13. The average Bonchev–Trinajstić information content (AvgIpc) is 3.11. The van der Waals surface area contributed by atoms with E-state index >= 15 is 0 Å². The van der Waals surface area contributed by atoms with Crippen LogP contribution in [0.15, 0.2) is 59.7 Å². The number of benzene rings is 2. The third-order valence-electron chi connectivity index (χ3n) is 3.94. The Kier molecular flexibility index (Phi) is 4.36. The maximum atomic E-state index is 13.1. The Bertz CT molecular complexity index is 1220. The van der Waals surface area contributed by atoms with E-state index in [1.54, 1.807) is 0 Å². The summed E-state index contributed by atoms with van der Waals surface area (Å²) in [4.78, 5) is 28.9. The molecule has 4 rings (SSSR count). The summed E-state index contributed by atoms with van der Waals surface area (Å²) < 4.78 is 28.4. The molecule has 0 aliphatic rings. The van der Waals surface area contributed by atoms with Crippen LogP contribution in [0.2, 0.25) is 0 Å². The van der Waals surface area contributed by atoms with E-state index in [2.05, 4.69) is 20.6 Å². The summed E-state index contributed by atoms with van der Waals surface area (Å²) in [6.45, 7) is -0.303. The van der Waals surface area contributed by atoms with Crippen molar-refractivity contribution in [3.8, 4) is 5.69 Å². The highest BCUT2D eigenvalue weighted by Gasteiger charge is 2.15. The van der Waals surface area contributed by atoms with Crippen molar-refractivity contribution in [2.75, 3.05) is 5.32 Å². The van der Waals surface area contributed by atoms with Crippen molar-refractivity contribution in [3.63, 3.8) is 0 Å². The molecule has 0 aliphatic heterocycles. The molecule has 8 nitrogen and oxygen atoms in total. The van der Waals surface area contributed by atoms with Crippen LogP contribution in [0, 0.1) is 11.6 Å². The van der Waals surface area contributed by atoms with Gasteiger partial charge in [-0.1, -0.05) is 5.21 Å². The zero-order valence-electron chi connectivity index (χ0n) is 14.2. The normalized spacial score (nSPS) is 10.9. The number of halogens is 2. The number of aromatic nitrogens is 5. The van der Waals surface area contributed by atoms with Gasteiger partial charge in [0.2, 0.25) is 5.91 Å². The SMILES string of the molecule is O=C(Cn1cnc2c(nnn2-c2ccc(F)cc2)c1=O)Nc1ccc(F)cc1. The van der Waals surface area contributed by atoms with Crippen LogP contribution in [0.4, 0.5) is 14.5 Å². The molecule has 1 N–H and O–H groups in total. The lowest BCUT2D eigenvalue weighted by molar-refractivity contribution is -0.116. The van der Waals surface area contributed by atoms with E-state index in [0.717, 1.165) is 4.57 Å². The molecule has 0 saturated heterocycles. The van der Waals surface area contributed by atoms with Gasteiger partial charge in [-0.05, 0) is 48.5 Å². The van der Waals surface area contributed by atoms with Gasteiger partial charge >= 0.3 is 0 Å². The minimum absolute atomic E-state index is 0.0265. The maximum absolute atomic E-state index is 13.1. The molecule has 2 heterocycles. The van der Waals surface area contributed by atoms with E-state index in [9.17, 15) is 18.4 Å². The molecule has 0 radical (unpaired) electrons. The lowest BCUT2D eigenvalue weighted by atomic mass is 10.3. The molecule has 0 atom stereocenters. The van der Waals surface area contributed by atoms with Crippen LogP contribution >= 0.6 is 0 Å². The Morgan fingerprint density at radius 3 is 2.32 bits per heavy atom. The van der Waals surface area contributed by atoms with Crippen molar-refractivity contribution >= 4 is 22.8 Å². The predicted octanol–water partition coefficient (Wildman–Crippen LogP) is 1.89. The highest BCUT2D eigenvalue weighted by molar-refractivity contribution is 5.90. The quantitative estimate of drug-likeness (QED) is 0.582. The molecule has 0 saturated carbocycles. The maximum Gasteiger partial charge on any atom is 0.284 e. The number of amides is 1. The molecule has 10 heteroatoms. The largest absolute Gasteiger partial charge is 0.325 e. The molecule has 0 spiro atoms. The zero-order valence-corrected chi connectivity index (χ0v) is 14.2. The van der Waals surface area contributed by atoms with Gasteiger partial charge in [0, 0.05) is 5.69 Å². The molecule has 0 aliphatic carbocycles. The van der Waals surface area contributed by atoms with E-state index < -0.39 is 23.1 Å². The van der Waals surface area contributed by atoms with E-state index in [1.165, 1.54) is 59.5 Å². The molecule has 4 aromatic rings. The van der Waals surface area contributed by atoms with Crippen molar-refractivity contribution in [2.24, 2.45) is 0 Å². The Morgan fingerprint density at radius 1 is 1.00 bits per heavy atom. The van der Waals surface area contributed by atoms with Gasteiger partial charge in [-0.15, -0.1) is 5.10 Å². The first kappa shape index (κ1) is 17.5. The third-order valence-corrected chi connectivity index (χ3v) is 3.94. The fraction of sp³-hybridized carbons (Fsp3) is 0.0556. The first-order valence-corrected chi connectivity index (χ1v) is 8.13. The van der Waals surface area contributed by atoms with Gasteiger partial charge in [0.1, 0.15) is 24.5 Å². The number of nitrogens with zero attached hydrogens (tertiary/aromatic N) is 5. The van der Waals surface area contributed by atoms with Crippen molar-refractivity contribution in [3.05, 3.63) is 76.8 Å². The summed E-state index contributed by atoms with van der Waals surface area (Å²) in [5.74, 6) is -1.32. The number of hydrogen-bond donors (Lipinski definition) is 1. The van der Waals surface area contributed by atoms with Crippen molar-refractivity contribution in [2.45, 2.75) is 6.54 Å². The fourth-order valence-corrected chi connectivity index (χ4v) is 2.60. The van der Waals surface area contributed by atoms with Gasteiger partial charge in [-0.3, -0.25) is 14.2 Å². The number of carbonyl (C=O) groups excluding carboxylic acids is 1. The second kappa shape index (κ2) is 6.99. The second-order valence-electron chi connectivity index (χ2n) is 5.88. The first-order chi connectivity index (χ1) is 13.5. The van der Waals surface area contributed by atoms with Gasteiger partial charge in [0.05, 0.1) is 5.69 Å². The van der Waals surface area contributed by atoms with E-state index in [-0.39, 0.29) is 17.7 Å². The van der Waals surface area contributed by atoms with Gasteiger partial charge < -0.3 is 5.32 Å². The number of fused-ring (bicyclic) bond motifs is 1. The Morgan fingerprint density at radius 2 is 1.64 bits per heavy atom. The summed E-state index contributed by atoms with van der Waals surface area (Å²) in [5.41, 5.74) is 0.499. The standard InChI is InChI=1S/C18H12F2N6O2/c19-11-1-5-13(6-2-11)22-15(27)9-25-10-21-17-16(18(25)28)23-24-26(17)14-7-3-12(20)4-8-14/h1-8,10H,9H2,(H,22,27). The number of nitrogens with one attached hydrogen (secondary N) is 1. The Hall–Kier alpha value is -3.95. The average molecular weight is 382 g/mol.